The van der Waals surface area contributed by atoms with E-state index in [0.717, 1.165) is 32.6 Å². The highest BCUT2D eigenvalue weighted by molar-refractivity contribution is 5.89. The van der Waals surface area contributed by atoms with Gasteiger partial charge in [-0.25, -0.2) is 4.79 Å². The van der Waals surface area contributed by atoms with Gasteiger partial charge in [0.15, 0.2) is 0 Å². The van der Waals surface area contributed by atoms with Gasteiger partial charge in [0, 0.05) is 25.8 Å². The van der Waals surface area contributed by atoms with E-state index in [1.807, 2.05) is 12.1 Å². The molecule has 0 atom stereocenters. The van der Waals surface area contributed by atoms with Crippen molar-refractivity contribution in [3.63, 3.8) is 0 Å². The number of esters is 1. The molecule has 1 N–H and O–H groups in total. The standard InChI is InChI=1S/C14H19NO3/c1-17-14(16)12-4-2-11(3-5-12)10-15-13-6-8-18-9-7-13/h2-5,13,15H,6-10H2,1H3. The molecule has 0 spiro atoms. The first-order valence-electron chi connectivity index (χ1n) is 6.28. The van der Waals surface area contributed by atoms with Crippen LogP contribution in [0.5, 0.6) is 0 Å². The maximum Gasteiger partial charge on any atom is 0.337 e. The number of carbonyl (C=O) groups excluding carboxylic acids is 1. The molecule has 1 saturated heterocycles. The summed E-state index contributed by atoms with van der Waals surface area (Å²) in [4.78, 5) is 11.3. The summed E-state index contributed by atoms with van der Waals surface area (Å²) in [6, 6.07) is 8.05. The first-order valence-corrected chi connectivity index (χ1v) is 6.28. The molecule has 1 aromatic carbocycles. The highest BCUT2D eigenvalue weighted by Gasteiger charge is 2.12. The van der Waals surface area contributed by atoms with Gasteiger partial charge in [0.2, 0.25) is 0 Å². The minimum Gasteiger partial charge on any atom is -0.465 e. The molecule has 0 aromatic heterocycles. The Balaban J connectivity index is 1.84. The average molecular weight is 249 g/mol. The molecule has 0 amide bonds. The molecular weight excluding hydrogens is 230 g/mol. The van der Waals surface area contributed by atoms with Crippen LogP contribution in [0.15, 0.2) is 24.3 Å². The molecule has 1 aliphatic rings. The van der Waals surface area contributed by atoms with Crippen LogP contribution in [0.3, 0.4) is 0 Å². The lowest BCUT2D eigenvalue weighted by Crippen LogP contribution is -2.34. The van der Waals surface area contributed by atoms with Crippen LogP contribution >= 0.6 is 0 Å². The second-order valence-corrected chi connectivity index (χ2v) is 4.46. The van der Waals surface area contributed by atoms with E-state index in [-0.39, 0.29) is 5.97 Å². The van der Waals surface area contributed by atoms with E-state index in [4.69, 9.17) is 4.74 Å². The third kappa shape index (κ3) is 3.55. The lowest BCUT2D eigenvalue weighted by molar-refractivity contribution is 0.0600. The topological polar surface area (TPSA) is 47.6 Å². The second kappa shape index (κ2) is 6.52. The number of methoxy groups -OCH3 is 1. The van der Waals surface area contributed by atoms with Gasteiger partial charge in [0.25, 0.3) is 0 Å². The first-order chi connectivity index (χ1) is 8.79. The minimum atomic E-state index is -0.293. The van der Waals surface area contributed by atoms with Gasteiger partial charge in [-0.15, -0.1) is 0 Å². The second-order valence-electron chi connectivity index (χ2n) is 4.46. The van der Waals surface area contributed by atoms with Crippen molar-refractivity contribution >= 4 is 5.97 Å². The van der Waals surface area contributed by atoms with Gasteiger partial charge >= 0.3 is 5.97 Å². The quantitative estimate of drug-likeness (QED) is 0.826. The Morgan fingerprint density at radius 3 is 2.61 bits per heavy atom. The Hall–Kier alpha value is -1.39. The molecule has 0 radical (unpaired) electrons. The Morgan fingerprint density at radius 2 is 2.00 bits per heavy atom. The predicted molar refractivity (Wildman–Crippen MR) is 68.5 cm³/mol. The molecule has 0 unspecified atom stereocenters. The van der Waals surface area contributed by atoms with Gasteiger partial charge in [-0.3, -0.25) is 0 Å². The van der Waals surface area contributed by atoms with Gasteiger partial charge in [0.1, 0.15) is 0 Å². The van der Waals surface area contributed by atoms with E-state index in [9.17, 15) is 4.79 Å². The van der Waals surface area contributed by atoms with Crippen LogP contribution in [0.2, 0.25) is 0 Å². The Labute approximate surface area is 107 Å². The van der Waals surface area contributed by atoms with Crippen LogP contribution in [0.4, 0.5) is 0 Å². The third-order valence-corrected chi connectivity index (χ3v) is 3.19. The Bertz CT molecular complexity index is 383. The maximum absolute atomic E-state index is 11.3. The van der Waals surface area contributed by atoms with Crippen LogP contribution in [0, 0.1) is 0 Å². The highest BCUT2D eigenvalue weighted by atomic mass is 16.5. The SMILES string of the molecule is COC(=O)c1ccc(CNC2CCOCC2)cc1. The fourth-order valence-corrected chi connectivity index (χ4v) is 2.04. The fraction of sp³-hybridized carbons (Fsp3) is 0.500. The molecule has 18 heavy (non-hydrogen) atoms. The molecule has 1 aromatic rings. The van der Waals surface area contributed by atoms with Crippen LogP contribution in [0.1, 0.15) is 28.8 Å². The molecule has 1 aliphatic heterocycles. The molecule has 98 valence electrons. The molecule has 4 heteroatoms. The summed E-state index contributed by atoms with van der Waals surface area (Å²) < 4.78 is 9.98. The van der Waals surface area contributed by atoms with Crippen molar-refractivity contribution in [3.8, 4) is 0 Å². The average Bonchev–Trinajstić information content (AvgIpc) is 2.46. The van der Waals surface area contributed by atoms with Gasteiger partial charge in [-0.05, 0) is 30.5 Å². The smallest absolute Gasteiger partial charge is 0.337 e. The van der Waals surface area contributed by atoms with E-state index in [0.29, 0.717) is 11.6 Å². The highest BCUT2D eigenvalue weighted by Crippen LogP contribution is 2.09. The molecule has 0 saturated carbocycles. The van der Waals surface area contributed by atoms with Crippen LogP contribution in [-0.2, 0) is 16.0 Å². The Kier molecular flexibility index (Phi) is 4.73. The zero-order chi connectivity index (χ0) is 12.8. The van der Waals surface area contributed by atoms with Crippen molar-refractivity contribution in [1.29, 1.82) is 0 Å². The summed E-state index contributed by atoms with van der Waals surface area (Å²) in [5, 5.41) is 3.50. The van der Waals surface area contributed by atoms with E-state index in [1.54, 1.807) is 12.1 Å². The number of benzene rings is 1. The Morgan fingerprint density at radius 1 is 1.33 bits per heavy atom. The van der Waals surface area contributed by atoms with Gasteiger partial charge in [0.05, 0.1) is 12.7 Å². The summed E-state index contributed by atoms with van der Waals surface area (Å²) >= 11 is 0. The lowest BCUT2D eigenvalue weighted by atomic mass is 10.1. The molecular formula is C14H19NO3. The summed E-state index contributed by atoms with van der Waals surface area (Å²) in [6.45, 7) is 2.52. The van der Waals surface area contributed by atoms with Crippen molar-refractivity contribution in [3.05, 3.63) is 35.4 Å². The van der Waals surface area contributed by atoms with Crippen LogP contribution < -0.4 is 5.32 Å². The maximum atomic E-state index is 11.3. The molecule has 2 rings (SSSR count). The lowest BCUT2D eigenvalue weighted by Gasteiger charge is -2.23. The predicted octanol–water partition coefficient (Wildman–Crippen LogP) is 1.74. The number of hydrogen-bond acceptors (Lipinski definition) is 4. The molecule has 1 fully saturated rings. The molecule has 0 bridgehead atoms. The minimum absolute atomic E-state index is 0.293. The zero-order valence-corrected chi connectivity index (χ0v) is 10.6. The van der Waals surface area contributed by atoms with Crippen LogP contribution in [-0.4, -0.2) is 32.3 Å². The number of carbonyl (C=O) groups is 1. The summed E-state index contributed by atoms with van der Waals surface area (Å²) in [5.74, 6) is -0.293. The monoisotopic (exact) mass is 249 g/mol. The largest absolute Gasteiger partial charge is 0.465 e. The molecule has 1 heterocycles. The van der Waals surface area contributed by atoms with Crippen molar-refractivity contribution in [2.45, 2.75) is 25.4 Å². The van der Waals surface area contributed by atoms with Crippen molar-refractivity contribution < 1.29 is 14.3 Å². The van der Waals surface area contributed by atoms with E-state index < -0.39 is 0 Å². The van der Waals surface area contributed by atoms with Crippen molar-refractivity contribution in [2.75, 3.05) is 20.3 Å². The van der Waals surface area contributed by atoms with E-state index in [1.165, 1.54) is 12.7 Å². The van der Waals surface area contributed by atoms with E-state index >= 15 is 0 Å². The fourth-order valence-electron chi connectivity index (χ4n) is 2.04. The van der Waals surface area contributed by atoms with Gasteiger partial charge < -0.3 is 14.8 Å². The molecule has 4 nitrogen and oxygen atoms in total. The van der Waals surface area contributed by atoms with Gasteiger partial charge in [-0.2, -0.15) is 0 Å². The number of hydrogen-bond donors (Lipinski definition) is 1. The van der Waals surface area contributed by atoms with E-state index in [2.05, 4.69) is 10.1 Å². The van der Waals surface area contributed by atoms with Gasteiger partial charge in [-0.1, -0.05) is 12.1 Å². The molecule has 0 aliphatic carbocycles. The summed E-state index contributed by atoms with van der Waals surface area (Å²) in [5.41, 5.74) is 1.77. The number of ether oxygens (including phenoxy) is 2. The van der Waals surface area contributed by atoms with Crippen molar-refractivity contribution in [2.24, 2.45) is 0 Å². The number of nitrogens with one attached hydrogen (secondary N) is 1. The van der Waals surface area contributed by atoms with Crippen LogP contribution in [0.25, 0.3) is 0 Å². The summed E-state index contributed by atoms with van der Waals surface area (Å²) in [7, 11) is 1.39. The zero-order valence-electron chi connectivity index (χ0n) is 10.6. The normalized spacial score (nSPS) is 16.5. The number of rotatable bonds is 4. The first kappa shape index (κ1) is 13.1. The van der Waals surface area contributed by atoms with Crippen molar-refractivity contribution in [1.82, 2.24) is 5.32 Å². The summed E-state index contributed by atoms with van der Waals surface area (Å²) in [6.07, 6.45) is 2.14. The third-order valence-electron chi connectivity index (χ3n) is 3.19.